The molecule has 22 heavy (non-hydrogen) atoms. The highest BCUT2D eigenvalue weighted by Crippen LogP contribution is 2.22. The number of benzene rings is 1. The number of hydrogen-bond acceptors (Lipinski definition) is 4. The summed E-state index contributed by atoms with van der Waals surface area (Å²) in [5, 5.41) is 6.63. The highest BCUT2D eigenvalue weighted by molar-refractivity contribution is 6.35. The summed E-state index contributed by atoms with van der Waals surface area (Å²) in [6.07, 6.45) is 0. The average Bonchev–Trinajstić information content (AvgIpc) is 2.46. The number of piperazine rings is 1. The van der Waals surface area contributed by atoms with Crippen molar-refractivity contribution in [1.29, 1.82) is 0 Å². The number of esters is 1. The van der Waals surface area contributed by atoms with E-state index in [4.69, 9.17) is 27.9 Å². The summed E-state index contributed by atoms with van der Waals surface area (Å²) >= 11 is 11.8. The number of nitrogens with zero attached hydrogens (tertiary/aromatic N) is 1. The second kappa shape index (κ2) is 7.67. The van der Waals surface area contributed by atoms with Gasteiger partial charge in [0.1, 0.15) is 6.04 Å². The van der Waals surface area contributed by atoms with Gasteiger partial charge in [0.2, 0.25) is 0 Å². The first-order valence-corrected chi connectivity index (χ1v) is 7.67. The number of nitrogens with one attached hydrogen (secondary N) is 2. The van der Waals surface area contributed by atoms with Crippen LogP contribution in [0, 0.1) is 0 Å². The Bertz CT molecular complexity index is 548. The van der Waals surface area contributed by atoms with E-state index in [1.807, 2.05) is 0 Å². The first-order chi connectivity index (χ1) is 10.5. The van der Waals surface area contributed by atoms with Crippen LogP contribution >= 0.6 is 23.2 Å². The van der Waals surface area contributed by atoms with Crippen molar-refractivity contribution in [2.24, 2.45) is 0 Å². The summed E-state index contributed by atoms with van der Waals surface area (Å²) in [7, 11) is 0. The quantitative estimate of drug-likeness (QED) is 0.825. The molecule has 2 amide bonds. The van der Waals surface area contributed by atoms with Crippen molar-refractivity contribution in [2.45, 2.75) is 13.0 Å². The lowest BCUT2D eigenvalue weighted by molar-refractivity contribution is -0.146. The molecule has 0 aromatic heterocycles. The molecular weight excluding hydrogens is 329 g/mol. The lowest BCUT2D eigenvalue weighted by atomic mass is 10.2. The summed E-state index contributed by atoms with van der Waals surface area (Å²) in [5.74, 6) is -0.356. The van der Waals surface area contributed by atoms with Gasteiger partial charge >= 0.3 is 12.0 Å². The normalized spacial score (nSPS) is 18.0. The van der Waals surface area contributed by atoms with Crippen molar-refractivity contribution < 1.29 is 14.3 Å². The molecule has 2 N–H and O–H groups in total. The van der Waals surface area contributed by atoms with Crippen molar-refractivity contribution in [3.63, 3.8) is 0 Å². The van der Waals surface area contributed by atoms with Crippen LogP contribution in [-0.2, 0) is 9.53 Å². The van der Waals surface area contributed by atoms with Crippen LogP contribution in [0.4, 0.5) is 10.5 Å². The van der Waals surface area contributed by atoms with Gasteiger partial charge in [-0.15, -0.1) is 0 Å². The Morgan fingerprint density at radius 3 is 2.68 bits per heavy atom. The van der Waals surface area contributed by atoms with Gasteiger partial charge in [0.25, 0.3) is 0 Å². The van der Waals surface area contributed by atoms with E-state index >= 15 is 0 Å². The summed E-state index contributed by atoms with van der Waals surface area (Å²) < 4.78 is 4.96. The molecule has 1 heterocycles. The molecule has 1 fully saturated rings. The number of hydrogen-bond donors (Lipinski definition) is 2. The SMILES string of the molecule is CCOC(=O)C1CN(C(=O)Nc2cc(Cl)cc(Cl)c2)CCN1. The Kier molecular flexibility index (Phi) is 5.88. The van der Waals surface area contributed by atoms with Crippen molar-refractivity contribution in [1.82, 2.24) is 10.2 Å². The number of anilines is 1. The van der Waals surface area contributed by atoms with Crippen molar-refractivity contribution in [3.05, 3.63) is 28.2 Å². The van der Waals surface area contributed by atoms with Crippen molar-refractivity contribution >= 4 is 40.9 Å². The molecule has 1 unspecified atom stereocenters. The second-order valence-electron chi connectivity index (χ2n) is 4.79. The fourth-order valence-corrected chi connectivity index (χ4v) is 2.69. The lowest BCUT2D eigenvalue weighted by Gasteiger charge is -2.32. The van der Waals surface area contributed by atoms with E-state index in [-0.39, 0.29) is 18.5 Å². The number of urea groups is 1. The maximum absolute atomic E-state index is 12.3. The number of rotatable bonds is 3. The van der Waals surface area contributed by atoms with E-state index in [1.165, 1.54) is 0 Å². The molecule has 1 aliphatic heterocycles. The van der Waals surface area contributed by atoms with Gasteiger partial charge in [0, 0.05) is 35.4 Å². The zero-order chi connectivity index (χ0) is 16.1. The minimum atomic E-state index is -0.512. The van der Waals surface area contributed by atoms with Crippen LogP contribution in [0.2, 0.25) is 10.0 Å². The van der Waals surface area contributed by atoms with Gasteiger partial charge in [-0.05, 0) is 25.1 Å². The fraction of sp³-hybridized carbons (Fsp3) is 0.429. The second-order valence-corrected chi connectivity index (χ2v) is 5.67. The molecule has 120 valence electrons. The largest absolute Gasteiger partial charge is 0.465 e. The summed E-state index contributed by atoms with van der Waals surface area (Å²) in [6.45, 7) is 3.32. The third kappa shape index (κ3) is 4.50. The van der Waals surface area contributed by atoms with Gasteiger partial charge in [0.05, 0.1) is 6.61 Å². The molecule has 1 aromatic carbocycles. The Morgan fingerprint density at radius 2 is 2.05 bits per heavy atom. The fourth-order valence-electron chi connectivity index (χ4n) is 2.16. The predicted octanol–water partition coefficient (Wildman–Crippen LogP) is 2.36. The Hall–Kier alpha value is -1.50. The van der Waals surface area contributed by atoms with Gasteiger partial charge < -0.3 is 20.3 Å². The molecule has 0 spiro atoms. The zero-order valence-corrected chi connectivity index (χ0v) is 13.6. The smallest absolute Gasteiger partial charge is 0.324 e. The standard InChI is InChI=1S/C14H17Cl2N3O3/c1-2-22-13(20)12-8-19(4-3-17-12)14(21)18-11-6-9(15)5-10(16)7-11/h5-7,12,17H,2-4,8H2,1H3,(H,18,21). The number of amides is 2. The topological polar surface area (TPSA) is 70.7 Å². The molecule has 1 aliphatic rings. The first-order valence-electron chi connectivity index (χ1n) is 6.91. The van der Waals surface area contributed by atoms with E-state index in [1.54, 1.807) is 30.0 Å². The molecule has 8 heteroatoms. The molecule has 6 nitrogen and oxygen atoms in total. The summed E-state index contributed by atoms with van der Waals surface area (Å²) in [5.41, 5.74) is 0.508. The zero-order valence-electron chi connectivity index (χ0n) is 12.1. The molecular formula is C14H17Cl2N3O3. The summed E-state index contributed by atoms with van der Waals surface area (Å²) in [6, 6.07) is 3.98. The van der Waals surface area contributed by atoms with Gasteiger partial charge in [-0.1, -0.05) is 23.2 Å². The molecule has 0 saturated carbocycles. The highest BCUT2D eigenvalue weighted by Gasteiger charge is 2.29. The van der Waals surface area contributed by atoms with Crippen LogP contribution in [0.5, 0.6) is 0 Å². The third-order valence-electron chi connectivity index (χ3n) is 3.15. The van der Waals surface area contributed by atoms with E-state index in [0.717, 1.165) is 0 Å². The van der Waals surface area contributed by atoms with Gasteiger partial charge in [-0.3, -0.25) is 4.79 Å². The van der Waals surface area contributed by atoms with E-state index in [9.17, 15) is 9.59 Å². The number of halogens is 2. The van der Waals surface area contributed by atoms with Crippen LogP contribution < -0.4 is 10.6 Å². The van der Waals surface area contributed by atoms with Crippen molar-refractivity contribution in [2.75, 3.05) is 31.6 Å². The van der Waals surface area contributed by atoms with Crippen molar-refractivity contribution in [3.8, 4) is 0 Å². The van der Waals surface area contributed by atoms with Gasteiger partial charge in [0.15, 0.2) is 0 Å². The van der Waals surface area contributed by atoms with Crippen LogP contribution in [0.1, 0.15) is 6.92 Å². The number of carbonyl (C=O) groups excluding carboxylic acids is 2. The van der Waals surface area contributed by atoms with E-state index in [0.29, 0.717) is 35.4 Å². The molecule has 0 bridgehead atoms. The summed E-state index contributed by atoms with van der Waals surface area (Å²) in [4.78, 5) is 25.5. The maximum atomic E-state index is 12.3. The lowest BCUT2D eigenvalue weighted by Crippen LogP contribution is -2.57. The molecule has 1 atom stereocenters. The van der Waals surface area contributed by atoms with E-state index in [2.05, 4.69) is 10.6 Å². The van der Waals surface area contributed by atoms with Gasteiger partial charge in [-0.25, -0.2) is 4.79 Å². The Labute approximate surface area is 138 Å². The van der Waals surface area contributed by atoms with Gasteiger partial charge in [-0.2, -0.15) is 0 Å². The Morgan fingerprint density at radius 1 is 1.36 bits per heavy atom. The number of ether oxygens (including phenoxy) is 1. The minimum absolute atomic E-state index is 0.249. The average molecular weight is 346 g/mol. The maximum Gasteiger partial charge on any atom is 0.324 e. The minimum Gasteiger partial charge on any atom is -0.465 e. The highest BCUT2D eigenvalue weighted by atomic mass is 35.5. The van der Waals surface area contributed by atoms with Crippen LogP contribution in [-0.4, -0.2) is 49.2 Å². The first kappa shape index (κ1) is 16.9. The monoisotopic (exact) mass is 345 g/mol. The number of carbonyl (C=O) groups is 2. The molecule has 1 saturated heterocycles. The van der Waals surface area contributed by atoms with E-state index < -0.39 is 6.04 Å². The Balaban J connectivity index is 1.98. The van der Waals surface area contributed by atoms with Crippen LogP contribution in [0.3, 0.4) is 0 Å². The predicted molar refractivity (Wildman–Crippen MR) is 85.5 cm³/mol. The third-order valence-corrected chi connectivity index (χ3v) is 3.58. The molecule has 0 radical (unpaired) electrons. The van der Waals surface area contributed by atoms with Crippen LogP contribution in [0.25, 0.3) is 0 Å². The van der Waals surface area contributed by atoms with Crippen LogP contribution in [0.15, 0.2) is 18.2 Å². The molecule has 0 aliphatic carbocycles. The molecule has 1 aromatic rings. The molecule has 2 rings (SSSR count).